The van der Waals surface area contributed by atoms with E-state index in [9.17, 15) is 13.6 Å². The van der Waals surface area contributed by atoms with Gasteiger partial charge in [-0.2, -0.15) is 0 Å². The van der Waals surface area contributed by atoms with Gasteiger partial charge < -0.3 is 15.5 Å². The van der Waals surface area contributed by atoms with Gasteiger partial charge in [0.05, 0.1) is 6.54 Å². The van der Waals surface area contributed by atoms with Gasteiger partial charge in [0.25, 0.3) is 0 Å². The van der Waals surface area contributed by atoms with Gasteiger partial charge in [0.15, 0.2) is 0 Å². The van der Waals surface area contributed by atoms with Gasteiger partial charge in [-0.05, 0) is 61.3 Å². The lowest BCUT2D eigenvalue weighted by atomic mass is 9.83. The first kappa shape index (κ1) is 17.0. The van der Waals surface area contributed by atoms with Crippen molar-refractivity contribution in [2.75, 3.05) is 19.6 Å². The number of carbonyl (C=O) groups is 1. The van der Waals surface area contributed by atoms with Crippen LogP contribution in [-0.2, 0) is 5.54 Å². The van der Waals surface area contributed by atoms with Crippen LogP contribution >= 0.6 is 0 Å². The number of benzene rings is 2. The van der Waals surface area contributed by atoms with Crippen LogP contribution in [0.25, 0.3) is 0 Å². The average Bonchev–Trinajstić information content (AvgIpc) is 3.02. The minimum Gasteiger partial charge on any atom is -0.323 e. The Morgan fingerprint density at radius 2 is 1.38 bits per heavy atom. The molecule has 2 N–H and O–H groups in total. The van der Waals surface area contributed by atoms with Crippen LogP contribution in [0.4, 0.5) is 13.6 Å². The predicted molar refractivity (Wildman–Crippen MR) is 94.7 cm³/mol. The van der Waals surface area contributed by atoms with E-state index in [4.69, 9.17) is 0 Å². The van der Waals surface area contributed by atoms with Crippen LogP contribution in [0.15, 0.2) is 48.5 Å². The van der Waals surface area contributed by atoms with Crippen molar-refractivity contribution in [3.63, 3.8) is 0 Å². The van der Waals surface area contributed by atoms with Crippen molar-refractivity contribution in [1.29, 1.82) is 0 Å². The summed E-state index contributed by atoms with van der Waals surface area (Å²) in [5.41, 5.74) is 0.759. The highest BCUT2D eigenvalue weighted by molar-refractivity contribution is 5.80. The fraction of sp³-hybridized carbons (Fsp3) is 0.350. The molecule has 26 heavy (non-hydrogen) atoms. The molecule has 0 spiro atoms. The number of halogens is 2. The lowest BCUT2D eigenvalue weighted by molar-refractivity contribution is 0.180. The molecular formula is C20H21F2N3O. The van der Waals surface area contributed by atoms with E-state index in [1.165, 1.54) is 24.3 Å². The largest absolute Gasteiger partial charge is 0.323 e. The molecule has 0 atom stereocenters. The summed E-state index contributed by atoms with van der Waals surface area (Å²) in [6.45, 7) is 2.21. The summed E-state index contributed by atoms with van der Waals surface area (Å²) in [6.07, 6.45) is 1.80. The van der Waals surface area contributed by atoms with Crippen LogP contribution in [0.2, 0.25) is 0 Å². The molecule has 4 nitrogen and oxygen atoms in total. The number of nitrogens with one attached hydrogen (secondary N) is 2. The molecule has 2 aromatic rings. The summed E-state index contributed by atoms with van der Waals surface area (Å²) in [5.74, 6) is -0.662. The Hall–Kier alpha value is -2.47. The van der Waals surface area contributed by atoms with E-state index >= 15 is 0 Å². The van der Waals surface area contributed by atoms with Gasteiger partial charge in [-0.1, -0.05) is 24.3 Å². The third-order valence-electron chi connectivity index (χ3n) is 5.41. The van der Waals surface area contributed by atoms with Gasteiger partial charge in [0, 0.05) is 6.04 Å². The first-order valence-electron chi connectivity index (χ1n) is 8.90. The highest BCUT2D eigenvalue weighted by atomic mass is 19.1. The lowest BCUT2D eigenvalue weighted by Gasteiger charge is -2.33. The first-order chi connectivity index (χ1) is 12.6. The lowest BCUT2D eigenvalue weighted by Crippen LogP contribution is -2.44. The molecule has 2 aliphatic rings. The van der Waals surface area contributed by atoms with E-state index in [0.717, 1.165) is 37.1 Å². The summed E-state index contributed by atoms with van der Waals surface area (Å²) in [7, 11) is 0. The summed E-state index contributed by atoms with van der Waals surface area (Å²) >= 11 is 0. The highest BCUT2D eigenvalue weighted by Gasteiger charge is 2.47. The van der Waals surface area contributed by atoms with Crippen LogP contribution in [0, 0.1) is 11.6 Å². The molecule has 6 heteroatoms. The van der Waals surface area contributed by atoms with E-state index in [1.54, 1.807) is 24.3 Å². The van der Waals surface area contributed by atoms with Crippen molar-refractivity contribution in [2.45, 2.75) is 24.4 Å². The second-order valence-corrected chi connectivity index (χ2v) is 6.96. The number of hydrogen-bond acceptors (Lipinski definition) is 2. The number of rotatable bonds is 3. The van der Waals surface area contributed by atoms with Crippen molar-refractivity contribution >= 4 is 6.03 Å². The summed E-state index contributed by atoms with van der Waals surface area (Å²) in [5, 5.41) is 6.42. The standard InChI is InChI=1S/C20H21F2N3O/c21-16-5-1-14(2-6-16)20(15-3-7-17(22)8-4-15)13-25(19(26)24-20)18-9-11-23-12-10-18/h1-8,18,23H,9-13H2,(H,24,26). The maximum absolute atomic E-state index is 13.4. The molecule has 0 aliphatic carbocycles. The number of nitrogens with zero attached hydrogens (tertiary/aromatic N) is 1. The van der Waals surface area contributed by atoms with Crippen molar-refractivity contribution in [1.82, 2.24) is 15.5 Å². The second-order valence-electron chi connectivity index (χ2n) is 6.96. The minimum absolute atomic E-state index is 0.134. The molecule has 0 aromatic heterocycles. The van der Waals surface area contributed by atoms with E-state index in [0.29, 0.717) is 6.54 Å². The summed E-state index contributed by atoms with van der Waals surface area (Å²) < 4.78 is 26.9. The third kappa shape index (κ3) is 2.94. The van der Waals surface area contributed by atoms with Crippen molar-refractivity contribution in [3.05, 3.63) is 71.3 Å². The Bertz CT molecular complexity index is 740. The zero-order chi connectivity index (χ0) is 18.1. The van der Waals surface area contributed by atoms with Crippen LogP contribution in [0.3, 0.4) is 0 Å². The van der Waals surface area contributed by atoms with Gasteiger partial charge in [-0.15, -0.1) is 0 Å². The smallest absolute Gasteiger partial charge is 0.318 e. The van der Waals surface area contributed by atoms with E-state index in [1.807, 2.05) is 4.90 Å². The number of hydrogen-bond donors (Lipinski definition) is 2. The molecule has 2 heterocycles. The van der Waals surface area contributed by atoms with E-state index in [-0.39, 0.29) is 23.7 Å². The molecule has 0 radical (unpaired) electrons. The van der Waals surface area contributed by atoms with Gasteiger partial charge in [0.1, 0.15) is 17.2 Å². The quantitative estimate of drug-likeness (QED) is 0.887. The van der Waals surface area contributed by atoms with Crippen molar-refractivity contribution < 1.29 is 13.6 Å². The molecule has 4 rings (SSSR count). The van der Waals surface area contributed by atoms with Crippen LogP contribution in [0.5, 0.6) is 0 Å². The molecule has 0 unspecified atom stereocenters. The van der Waals surface area contributed by atoms with E-state index < -0.39 is 5.54 Å². The van der Waals surface area contributed by atoms with Gasteiger partial charge >= 0.3 is 6.03 Å². The fourth-order valence-electron chi connectivity index (χ4n) is 4.00. The summed E-state index contributed by atoms with van der Waals surface area (Å²) in [6, 6.07) is 12.3. The van der Waals surface area contributed by atoms with E-state index in [2.05, 4.69) is 10.6 Å². The molecule has 136 valence electrons. The number of carbonyl (C=O) groups excluding carboxylic acids is 1. The first-order valence-corrected chi connectivity index (χ1v) is 8.90. The van der Waals surface area contributed by atoms with Gasteiger partial charge in [0.2, 0.25) is 0 Å². The third-order valence-corrected chi connectivity index (χ3v) is 5.41. The van der Waals surface area contributed by atoms with Crippen LogP contribution in [-0.4, -0.2) is 36.6 Å². The molecule has 2 fully saturated rings. The number of urea groups is 1. The predicted octanol–water partition coefficient (Wildman–Crippen LogP) is 2.99. The van der Waals surface area contributed by atoms with Crippen LogP contribution in [0.1, 0.15) is 24.0 Å². The Morgan fingerprint density at radius 3 is 1.88 bits per heavy atom. The summed E-state index contributed by atoms with van der Waals surface area (Å²) in [4.78, 5) is 14.7. The Labute approximate surface area is 151 Å². The van der Waals surface area contributed by atoms with Crippen LogP contribution < -0.4 is 10.6 Å². The maximum atomic E-state index is 13.4. The zero-order valence-electron chi connectivity index (χ0n) is 14.3. The monoisotopic (exact) mass is 357 g/mol. The molecular weight excluding hydrogens is 336 g/mol. The van der Waals surface area contributed by atoms with Crippen molar-refractivity contribution in [3.8, 4) is 0 Å². The second kappa shape index (κ2) is 6.68. The highest BCUT2D eigenvalue weighted by Crippen LogP contribution is 2.36. The number of amides is 2. The molecule has 2 aliphatic heterocycles. The Kier molecular flexibility index (Phi) is 4.36. The van der Waals surface area contributed by atoms with Gasteiger partial charge in [-0.3, -0.25) is 0 Å². The maximum Gasteiger partial charge on any atom is 0.318 e. The Morgan fingerprint density at radius 1 is 0.885 bits per heavy atom. The molecule has 0 saturated carbocycles. The number of piperidine rings is 1. The minimum atomic E-state index is -0.816. The molecule has 2 amide bonds. The zero-order valence-corrected chi connectivity index (χ0v) is 14.3. The molecule has 0 bridgehead atoms. The Balaban J connectivity index is 1.75. The topological polar surface area (TPSA) is 44.4 Å². The van der Waals surface area contributed by atoms with Crippen molar-refractivity contribution in [2.24, 2.45) is 0 Å². The van der Waals surface area contributed by atoms with Gasteiger partial charge in [-0.25, -0.2) is 13.6 Å². The SMILES string of the molecule is O=C1NC(c2ccc(F)cc2)(c2ccc(F)cc2)CN1C1CCNCC1. The average molecular weight is 357 g/mol. The molecule has 2 saturated heterocycles. The fourth-order valence-corrected chi connectivity index (χ4v) is 4.00. The normalized spacial score (nSPS) is 20.2. The molecule has 2 aromatic carbocycles.